The van der Waals surface area contributed by atoms with Crippen molar-refractivity contribution in [2.75, 3.05) is 11.9 Å². The van der Waals surface area contributed by atoms with Gasteiger partial charge < -0.3 is 15.2 Å². The molecule has 0 aliphatic carbocycles. The number of anilines is 1. The number of esters is 1. The van der Waals surface area contributed by atoms with Crippen molar-refractivity contribution in [3.63, 3.8) is 0 Å². The largest absolute Gasteiger partial charge is 0.462 e. The minimum atomic E-state index is -0.365. The third-order valence-corrected chi connectivity index (χ3v) is 2.95. The number of aliphatic hydroxyl groups excluding tert-OH is 1. The number of ether oxygens (including phenoxy) is 1. The van der Waals surface area contributed by atoms with Gasteiger partial charge in [-0.2, -0.15) is 0 Å². The molecule has 21 heavy (non-hydrogen) atoms. The van der Waals surface area contributed by atoms with Crippen molar-refractivity contribution >= 4 is 11.8 Å². The maximum atomic E-state index is 11.5. The molecule has 0 radical (unpaired) electrons. The van der Waals surface area contributed by atoms with Crippen LogP contribution in [0.25, 0.3) is 0 Å². The van der Waals surface area contributed by atoms with Gasteiger partial charge in [0.1, 0.15) is 5.82 Å². The molecule has 2 N–H and O–H groups in total. The van der Waals surface area contributed by atoms with Gasteiger partial charge in [-0.3, -0.25) is 0 Å². The minimum Gasteiger partial charge on any atom is -0.462 e. The summed E-state index contributed by atoms with van der Waals surface area (Å²) in [6.07, 6.45) is 1.50. The van der Waals surface area contributed by atoms with E-state index < -0.39 is 0 Å². The second-order valence-electron chi connectivity index (χ2n) is 4.48. The van der Waals surface area contributed by atoms with Gasteiger partial charge in [0.2, 0.25) is 0 Å². The standard InChI is InChI=1S/C16H18N2O3/c1-2-21-16(20)14-7-8-15(18-10-14)17-9-12-3-5-13(11-19)6-4-12/h3-8,10,19H,2,9,11H2,1H3,(H,17,18). The van der Waals surface area contributed by atoms with E-state index in [4.69, 9.17) is 9.84 Å². The smallest absolute Gasteiger partial charge is 0.339 e. The first-order valence-electron chi connectivity index (χ1n) is 6.78. The van der Waals surface area contributed by atoms with E-state index >= 15 is 0 Å². The number of pyridine rings is 1. The van der Waals surface area contributed by atoms with Crippen LogP contribution in [0, 0.1) is 0 Å². The fourth-order valence-corrected chi connectivity index (χ4v) is 1.79. The Labute approximate surface area is 123 Å². The van der Waals surface area contributed by atoms with Crippen LogP contribution in [0.15, 0.2) is 42.6 Å². The average Bonchev–Trinajstić information content (AvgIpc) is 2.54. The summed E-state index contributed by atoms with van der Waals surface area (Å²) in [7, 11) is 0. The van der Waals surface area contributed by atoms with E-state index in [1.165, 1.54) is 6.20 Å². The molecule has 2 aromatic rings. The van der Waals surface area contributed by atoms with Gasteiger partial charge in [-0.15, -0.1) is 0 Å². The van der Waals surface area contributed by atoms with E-state index in [-0.39, 0.29) is 12.6 Å². The number of hydrogen-bond acceptors (Lipinski definition) is 5. The van der Waals surface area contributed by atoms with Crippen LogP contribution in [-0.4, -0.2) is 22.7 Å². The van der Waals surface area contributed by atoms with Gasteiger partial charge in [0.25, 0.3) is 0 Å². The van der Waals surface area contributed by atoms with E-state index in [1.54, 1.807) is 19.1 Å². The number of benzene rings is 1. The number of carbonyl (C=O) groups excluding carboxylic acids is 1. The van der Waals surface area contributed by atoms with Gasteiger partial charge in [-0.05, 0) is 30.2 Å². The molecule has 0 saturated carbocycles. The molecule has 0 unspecified atom stereocenters. The molecule has 5 nitrogen and oxygen atoms in total. The molecule has 5 heteroatoms. The van der Waals surface area contributed by atoms with Crippen LogP contribution in [0.5, 0.6) is 0 Å². The Hall–Kier alpha value is -2.40. The Morgan fingerprint density at radius 3 is 2.48 bits per heavy atom. The van der Waals surface area contributed by atoms with Crippen molar-refractivity contribution in [1.29, 1.82) is 0 Å². The van der Waals surface area contributed by atoms with Gasteiger partial charge in [0, 0.05) is 12.7 Å². The zero-order chi connectivity index (χ0) is 15.1. The van der Waals surface area contributed by atoms with Crippen LogP contribution in [0.3, 0.4) is 0 Å². The van der Waals surface area contributed by atoms with E-state index in [1.807, 2.05) is 24.3 Å². The highest BCUT2D eigenvalue weighted by Gasteiger charge is 2.06. The van der Waals surface area contributed by atoms with Crippen molar-refractivity contribution < 1.29 is 14.6 Å². The van der Waals surface area contributed by atoms with Crippen molar-refractivity contribution in [2.24, 2.45) is 0 Å². The zero-order valence-electron chi connectivity index (χ0n) is 11.9. The topological polar surface area (TPSA) is 71.5 Å². The zero-order valence-corrected chi connectivity index (χ0v) is 11.9. The number of aliphatic hydroxyl groups is 1. The van der Waals surface area contributed by atoms with Gasteiger partial charge >= 0.3 is 5.97 Å². The normalized spacial score (nSPS) is 10.2. The van der Waals surface area contributed by atoms with Crippen LogP contribution < -0.4 is 5.32 Å². The first-order valence-corrected chi connectivity index (χ1v) is 6.78. The highest BCUT2D eigenvalue weighted by molar-refractivity contribution is 5.89. The molecule has 0 atom stereocenters. The van der Waals surface area contributed by atoms with Crippen LogP contribution in [0.2, 0.25) is 0 Å². The molecule has 0 amide bonds. The lowest BCUT2D eigenvalue weighted by Crippen LogP contribution is -2.06. The fourth-order valence-electron chi connectivity index (χ4n) is 1.79. The Kier molecular flexibility index (Phi) is 5.29. The Bertz CT molecular complexity index is 579. The molecule has 110 valence electrons. The molecular formula is C16H18N2O3. The van der Waals surface area contributed by atoms with Gasteiger partial charge in [0.05, 0.1) is 18.8 Å². The molecule has 1 aromatic heterocycles. The molecule has 0 aliphatic heterocycles. The molecule has 2 rings (SSSR count). The summed E-state index contributed by atoms with van der Waals surface area (Å²) in [5.74, 6) is 0.324. The predicted octanol–water partition coefficient (Wildman–Crippen LogP) is 2.36. The number of rotatable bonds is 6. The number of aromatic nitrogens is 1. The molecule has 0 spiro atoms. The van der Waals surface area contributed by atoms with Crippen LogP contribution in [0.1, 0.15) is 28.4 Å². The van der Waals surface area contributed by atoms with Crippen LogP contribution >= 0.6 is 0 Å². The third kappa shape index (κ3) is 4.29. The van der Waals surface area contributed by atoms with Crippen molar-refractivity contribution in [2.45, 2.75) is 20.1 Å². The fraction of sp³-hybridized carbons (Fsp3) is 0.250. The average molecular weight is 286 g/mol. The number of nitrogens with one attached hydrogen (secondary N) is 1. The van der Waals surface area contributed by atoms with E-state index in [2.05, 4.69) is 10.3 Å². The summed E-state index contributed by atoms with van der Waals surface area (Å²) in [5, 5.41) is 12.2. The lowest BCUT2D eigenvalue weighted by Gasteiger charge is -2.07. The lowest BCUT2D eigenvalue weighted by atomic mass is 10.1. The molecule has 0 bridgehead atoms. The maximum absolute atomic E-state index is 11.5. The second kappa shape index (κ2) is 7.40. The number of carbonyl (C=O) groups is 1. The van der Waals surface area contributed by atoms with Crippen molar-refractivity contribution in [1.82, 2.24) is 4.98 Å². The molecule has 0 fully saturated rings. The van der Waals surface area contributed by atoms with Gasteiger partial charge in [-0.25, -0.2) is 9.78 Å². The maximum Gasteiger partial charge on any atom is 0.339 e. The summed E-state index contributed by atoms with van der Waals surface area (Å²) in [5.41, 5.74) is 2.41. The monoisotopic (exact) mass is 286 g/mol. The summed E-state index contributed by atoms with van der Waals surface area (Å²) in [6.45, 7) is 2.79. The van der Waals surface area contributed by atoms with Crippen molar-refractivity contribution in [3.8, 4) is 0 Å². The Morgan fingerprint density at radius 1 is 1.19 bits per heavy atom. The Morgan fingerprint density at radius 2 is 1.90 bits per heavy atom. The summed E-state index contributed by atoms with van der Waals surface area (Å²) in [4.78, 5) is 15.7. The van der Waals surface area contributed by atoms with E-state index in [0.29, 0.717) is 24.5 Å². The summed E-state index contributed by atoms with van der Waals surface area (Å²) in [6, 6.07) is 11.1. The molecule has 1 heterocycles. The minimum absolute atomic E-state index is 0.0462. The van der Waals surface area contributed by atoms with E-state index in [0.717, 1.165) is 11.1 Å². The summed E-state index contributed by atoms with van der Waals surface area (Å²) < 4.78 is 4.90. The Balaban J connectivity index is 1.92. The number of nitrogens with zero attached hydrogens (tertiary/aromatic N) is 1. The van der Waals surface area contributed by atoms with Crippen LogP contribution in [-0.2, 0) is 17.9 Å². The van der Waals surface area contributed by atoms with Crippen molar-refractivity contribution in [3.05, 3.63) is 59.3 Å². The second-order valence-corrected chi connectivity index (χ2v) is 4.48. The quantitative estimate of drug-likeness (QED) is 0.798. The highest BCUT2D eigenvalue weighted by Crippen LogP contribution is 2.10. The molecular weight excluding hydrogens is 268 g/mol. The van der Waals surface area contributed by atoms with Crippen LogP contribution in [0.4, 0.5) is 5.82 Å². The van der Waals surface area contributed by atoms with Gasteiger partial charge in [0.15, 0.2) is 0 Å². The molecule has 1 aromatic carbocycles. The first kappa shape index (κ1) is 15.0. The predicted molar refractivity (Wildman–Crippen MR) is 79.9 cm³/mol. The molecule has 0 aliphatic rings. The lowest BCUT2D eigenvalue weighted by molar-refractivity contribution is 0.0526. The summed E-state index contributed by atoms with van der Waals surface area (Å²) >= 11 is 0. The SMILES string of the molecule is CCOC(=O)c1ccc(NCc2ccc(CO)cc2)nc1. The van der Waals surface area contributed by atoms with E-state index in [9.17, 15) is 4.79 Å². The number of hydrogen-bond donors (Lipinski definition) is 2. The first-order chi connectivity index (χ1) is 10.2. The molecule has 0 saturated heterocycles. The highest BCUT2D eigenvalue weighted by atomic mass is 16.5. The van der Waals surface area contributed by atoms with Gasteiger partial charge in [-0.1, -0.05) is 24.3 Å². The third-order valence-electron chi connectivity index (χ3n) is 2.95.